The molecule has 84 valence electrons. The largest absolute Gasteiger partial charge is 0.494 e. The molecule has 0 fully saturated rings. The van der Waals surface area contributed by atoms with Crippen LogP contribution < -0.4 is 4.74 Å². The molecule has 0 saturated carbocycles. The van der Waals surface area contributed by atoms with Gasteiger partial charge in [0.25, 0.3) is 0 Å². The maximum absolute atomic E-state index is 9.11. The molecule has 4 nitrogen and oxygen atoms in total. The molecule has 2 rings (SSSR count). The average Bonchev–Trinajstić information content (AvgIpc) is 2.40. The summed E-state index contributed by atoms with van der Waals surface area (Å²) in [4.78, 5) is 8.26. The maximum atomic E-state index is 9.11. The van der Waals surface area contributed by atoms with Gasteiger partial charge < -0.3 is 4.74 Å². The van der Waals surface area contributed by atoms with Crippen LogP contribution in [0.15, 0.2) is 36.7 Å². The summed E-state index contributed by atoms with van der Waals surface area (Å²) in [5.41, 5.74) is 1.23. The van der Waals surface area contributed by atoms with Gasteiger partial charge in [-0.05, 0) is 31.2 Å². The van der Waals surface area contributed by atoms with E-state index in [1.165, 1.54) is 0 Å². The normalized spacial score (nSPS) is 9.65. The van der Waals surface area contributed by atoms with Gasteiger partial charge in [0.15, 0.2) is 5.82 Å². The number of aromatic nitrogens is 2. The van der Waals surface area contributed by atoms with Gasteiger partial charge in [-0.1, -0.05) is 0 Å². The molecule has 0 radical (unpaired) electrons. The van der Waals surface area contributed by atoms with Crippen molar-refractivity contribution < 1.29 is 4.74 Å². The van der Waals surface area contributed by atoms with E-state index < -0.39 is 0 Å². The Morgan fingerprint density at radius 2 is 2.06 bits per heavy atom. The molecule has 2 aromatic rings. The van der Waals surface area contributed by atoms with E-state index in [2.05, 4.69) is 16.0 Å². The lowest BCUT2D eigenvalue weighted by atomic mass is 10.1. The first-order valence-corrected chi connectivity index (χ1v) is 5.29. The van der Waals surface area contributed by atoms with E-state index >= 15 is 0 Å². The first kappa shape index (κ1) is 11.1. The van der Waals surface area contributed by atoms with Crippen LogP contribution in [-0.2, 0) is 0 Å². The van der Waals surface area contributed by atoms with Crippen LogP contribution in [0, 0.1) is 11.3 Å². The zero-order chi connectivity index (χ0) is 12.1. The minimum atomic E-state index is 0.516. The number of ether oxygens (including phenoxy) is 1. The highest BCUT2D eigenvalue weighted by atomic mass is 16.5. The van der Waals surface area contributed by atoms with Gasteiger partial charge in [0.05, 0.1) is 12.2 Å². The molecule has 0 unspecified atom stereocenters. The second kappa shape index (κ2) is 5.08. The second-order valence-electron chi connectivity index (χ2n) is 3.32. The van der Waals surface area contributed by atoms with E-state index in [-0.39, 0.29) is 0 Å². The van der Waals surface area contributed by atoms with Crippen LogP contribution in [0.3, 0.4) is 0 Å². The Labute approximate surface area is 99.5 Å². The number of nitrogens with zero attached hydrogens (tertiary/aromatic N) is 3. The first-order valence-electron chi connectivity index (χ1n) is 5.29. The van der Waals surface area contributed by atoms with Gasteiger partial charge >= 0.3 is 0 Å². The fourth-order valence-corrected chi connectivity index (χ4v) is 1.51. The fourth-order valence-electron chi connectivity index (χ4n) is 1.51. The molecule has 1 aromatic heterocycles. The number of rotatable bonds is 3. The highest BCUT2D eigenvalue weighted by molar-refractivity contribution is 5.65. The number of hydrogen-bond acceptors (Lipinski definition) is 4. The molecule has 0 aliphatic heterocycles. The third-order valence-corrected chi connectivity index (χ3v) is 2.23. The fraction of sp³-hybridized carbons (Fsp3) is 0.154. The van der Waals surface area contributed by atoms with Crippen LogP contribution in [-0.4, -0.2) is 16.6 Å². The van der Waals surface area contributed by atoms with Gasteiger partial charge in [0, 0.05) is 18.0 Å². The number of nitriles is 1. The Morgan fingerprint density at radius 3 is 2.71 bits per heavy atom. The van der Waals surface area contributed by atoms with Crippen LogP contribution in [0.25, 0.3) is 11.4 Å². The highest BCUT2D eigenvalue weighted by Crippen LogP contribution is 2.24. The molecule has 0 spiro atoms. The Hall–Kier alpha value is -2.41. The third kappa shape index (κ3) is 2.40. The van der Waals surface area contributed by atoms with Crippen molar-refractivity contribution in [1.82, 2.24) is 9.97 Å². The predicted molar refractivity (Wildman–Crippen MR) is 63.4 cm³/mol. The highest BCUT2D eigenvalue weighted by Gasteiger charge is 2.08. The van der Waals surface area contributed by atoms with E-state index in [4.69, 9.17) is 10.00 Å². The summed E-state index contributed by atoms with van der Waals surface area (Å²) in [6.07, 6.45) is 3.31. The molecule has 17 heavy (non-hydrogen) atoms. The molecule has 0 atom stereocenters. The summed E-state index contributed by atoms with van der Waals surface area (Å²) in [6.45, 7) is 2.48. The Morgan fingerprint density at radius 1 is 1.29 bits per heavy atom. The van der Waals surface area contributed by atoms with Crippen molar-refractivity contribution in [2.45, 2.75) is 6.92 Å². The van der Waals surface area contributed by atoms with Crippen molar-refractivity contribution in [3.05, 3.63) is 42.2 Å². The van der Waals surface area contributed by atoms with Crippen molar-refractivity contribution in [1.29, 1.82) is 5.26 Å². The molecule has 0 N–H and O–H groups in total. The molecule has 0 saturated heterocycles. The van der Waals surface area contributed by atoms with Crippen molar-refractivity contribution >= 4 is 0 Å². The summed E-state index contributed by atoms with van der Waals surface area (Å²) in [5, 5.41) is 9.11. The number of hydrogen-bond donors (Lipinski definition) is 0. The van der Waals surface area contributed by atoms with Gasteiger partial charge in [0.2, 0.25) is 0 Å². The lowest BCUT2D eigenvalue weighted by molar-refractivity contribution is 0.340. The Bertz CT molecular complexity index is 546. The molecule has 0 aliphatic rings. The van der Waals surface area contributed by atoms with E-state index in [1.807, 2.05) is 13.0 Å². The molecular weight excluding hydrogens is 214 g/mol. The zero-order valence-electron chi connectivity index (χ0n) is 9.42. The van der Waals surface area contributed by atoms with Crippen molar-refractivity contribution in [2.75, 3.05) is 6.61 Å². The van der Waals surface area contributed by atoms with Gasteiger partial charge in [-0.2, -0.15) is 5.26 Å². The lowest BCUT2D eigenvalue weighted by Gasteiger charge is -2.06. The van der Waals surface area contributed by atoms with Crippen LogP contribution >= 0.6 is 0 Å². The molecule has 1 aromatic carbocycles. The minimum absolute atomic E-state index is 0.516. The predicted octanol–water partition coefficient (Wildman–Crippen LogP) is 2.41. The topological polar surface area (TPSA) is 58.8 Å². The van der Waals surface area contributed by atoms with Crippen LogP contribution in [0.2, 0.25) is 0 Å². The van der Waals surface area contributed by atoms with E-state index in [1.54, 1.807) is 30.6 Å². The monoisotopic (exact) mass is 225 g/mol. The minimum Gasteiger partial charge on any atom is -0.494 e. The zero-order valence-corrected chi connectivity index (χ0v) is 9.42. The van der Waals surface area contributed by atoms with E-state index in [0.717, 1.165) is 5.56 Å². The quantitative estimate of drug-likeness (QED) is 0.804. The van der Waals surface area contributed by atoms with Crippen molar-refractivity contribution in [3.8, 4) is 23.2 Å². The first-order chi connectivity index (χ1) is 8.35. The second-order valence-corrected chi connectivity index (χ2v) is 3.32. The number of benzene rings is 1. The lowest BCUT2D eigenvalue weighted by Crippen LogP contribution is -1.94. The molecular formula is C13H11N3O. The third-order valence-electron chi connectivity index (χ3n) is 2.23. The summed E-state index contributed by atoms with van der Waals surface area (Å²) in [5.74, 6) is 1.23. The molecule has 1 heterocycles. The summed E-state index contributed by atoms with van der Waals surface area (Å²) in [7, 11) is 0. The molecule has 0 bridgehead atoms. The van der Waals surface area contributed by atoms with Gasteiger partial charge in [-0.25, -0.2) is 9.97 Å². The van der Waals surface area contributed by atoms with Gasteiger partial charge in [-0.15, -0.1) is 0 Å². The maximum Gasteiger partial charge on any atom is 0.160 e. The summed E-state index contributed by atoms with van der Waals surface area (Å²) in [6, 6.07) is 9.20. The summed E-state index contributed by atoms with van der Waals surface area (Å²) >= 11 is 0. The molecule has 0 amide bonds. The van der Waals surface area contributed by atoms with Gasteiger partial charge in [0.1, 0.15) is 11.8 Å². The molecule has 0 aliphatic carbocycles. The van der Waals surface area contributed by atoms with E-state index in [9.17, 15) is 0 Å². The van der Waals surface area contributed by atoms with Crippen molar-refractivity contribution in [3.63, 3.8) is 0 Å². The van der Waals surface area contributed by atoms with Crippen molar-refractivity contribution in [2.24, 2.45) is 0 Å². The molecule has 4 heteroatoms. The standard InChI is InChI=1S/C13H11N3O/c1-2-17-11-4-5-12(10(8-11)9-14)13-15-6-3-7-16-13/h3-8H,2H2,1H3. The Kier molecular flexibility index (Phi) is 3.31. The summed E-state index contributed by atoms with van der Waals surface area (Å²) < 4.78 is 5.35. The SMILES string of the molecule is CCOc1ccc(-c2ncccn2)c(C#N)c1. The average molecular weight is 225 g/mol. The van der Waals surface area contributed by atoms with Crippen LogP contribution in [0.5, 0.6) is 5.75 Å². The van der Waals surface area contributed by atoms with Gasteiger partial charge in [-0.3, -0.25) is 0 Å². The van der Waals surface area contributed by atoms with Crippen LogP contribution in [0.4, 0.5) is 0 Å². The van der Waals surface area contributed by atoms with E-state index in [0.29, 0.717) is 23.7 Å². The van der Waals surface area contributed by atoms with Crippen LogP contribution in [0.1, 0.15) is 12.5 Å². The smallest absolute Gasteiger partial charge is 0.160 e. The Balaban J connectivity index is 2.46.